The third-order valence-corrected chi connectivity index (χ3v) is 6.30. The first-order valence-corrected chi connectivity index (χ1v) is 11.3. The maximum Gasteiger partial charge on any atom is 0.253 e. The van der Waals surface area contributed by atoms with Crippen molar-refractivity contribution in [2.75, 3.05) is 6.61 Å². The fourth-order valence-corrected chi connectivity index (χ4v) is 4.17. The monoisotopic (exact) mass is 467 g/mol. The number of nitrogens with zero attached hydrogens (tertiary/aromatic N) is 3. The van der Waals surface area contributed by atoms with Crippen molar-refractivity contribution >= 4 is 27.8 Å². The SMILES string of the molecule is CC(CO)NS(=O)c1ccc(CNC(=O)c2cncc3c2cnn3-c2ccc(F)cc2)cc1. The number of aromatic nitrogens is 3. The Morgan fingerprint density at radius 1 is 1.12 bits per heavy atom. The topological polar surface area (TPSA) is 109 Å². The van der Waals surface area contributed by atoms with Gasteiger partial charge in [-0.05, 0) is 48.9 Å². The molecule has 8 nitrogen and oxygen atoms in total. The van der Waals surface area contributed by atoms with E-state index in [1.54, 1.807) is 60.4 Å². The fourth-order valence-electron chi connectivity index (χ4n) is 3.21. The molecule has 10 heteroatoms. The van der Waals surface area contributed by atoms with Gasteiger partial charge in [0.1, 0.15) is 16.8 Å². The number of benzene rings is 2. The van der Waals surface area contributed by atoms with Crippen LogP contribution in [0.2, 0.25) is 0 Å². The minimum atomic E-state index is -1.43. The van der Waals surface area contributed by atoms with Crippen LogP contribution in [0.1, 0.15) is 22.8 Å². The number of carbonyl (C=O) groups is 1. The van der Waals surface area contributed by atoms with Gasteiger partial charge in [-0.25, -0.2) is 18.0 Å². The molecule has 2 atom stereocenters. The Bertz CT molecular complexity index is 1290. The summed E-state index contributed by atoms with van der Waals surface area (Å²) >= 11 is 0. The van der Waals surface area contributed by atoms with E-state index in [2.05, 4.69) is 20.1 Å². The summed E-state index contributed by atoms with van der Waals surface area (Å²) in [5.41, 5.74) is 2.50. The maximum atomic E-state index is 13.2. The first-order valence-electron chi connectivity index (χ1n) is 10.2. The van der Waals surface area contributed by atoms with Gasteiger partial charge in [0.05, 0.1) is 40.7 Å². The van der Waals surface area contributed by atoms with Crippen LogP contribution in [0.5, 0.6) is 0 Å². The van der Waals surface area contributed by atoms with Crippen LogP contribution in [0.25, 0.3) is 16.6 Å². The number of aliphatic hydroxyl groups excluding tert-OH is 1. The van der Waals surface area contributed by atoms with Crippen molar-refractivity contribution in [3.8, 4) is 5.69 Å². The van der Waals surface area contributed by atoms with E-state index in [9.17, 15) is 13.4 Å². The third-order valence-electron chi connectivity index (χ3n) is 4.99. The smallest absolute Gasteiger partial charge is 0.253 e. The van der Waals surface area contributed by atoms with E-state index in [1.165, 1.54) is 18.3 Å². The summed E-state index contributed by atoms with van der Waals surface area (Å²) in [4.78, 5) is 17.6. The number of aliphatic hydroxyl groups is 1. The van der Waals surface area contributed by atoms with Gasteiger partial charge in [0, 0.05) is 24.2 Å². The molecule has 0 aliphatic carbocycles. The van der Waals surface area contributed by atoms with Crippen LogP contribution in [0.4, 0.5) is 4.39 Å². The normalized spacial score (nSPS) is 13.1. The molecule has 0 saturated heterocycles. The second-order valence-corrected chi connectivity index (χ2v) is 8.69. The van der Waals surface area contributed by atoms with Crippen LogP contribution in [-0.4, -0.2) is 42.6 Å². The second-order valence-electron chi connectivity index (χ2n) is 7.45. The largest absolute Gasteiger partial charge is 0.395 e. The van der Waals surface area contributed by atoms with Crippen LogP contribution in [0, 0.1) is 5.82 Å². The van der Waals surface area contributed by atoms with Gasteiger partial charge in [0.15, 0.2) is 0 Å². The average molecular weight is 468 g/mol. The third kappa shape index (κ3) is 5.14. The lowest BCUT2D eigenvalue weighted by molar-refractivity contribution is 0.0952. The number of rotatable bonds is 8. The zero-order chi connectivity index (χ0) is 23.4. The van der Waals surface area contributed by atoms with Crippen molar-refractivity contribution < 1.29 is 18.5 Å². The molecule has 0 radical (unpaired) electrons. The number of amides is 1. The summed E-state index contributed by atoms with van der Waals surface area (Å²) in [6.07, 6.45) is 4.67. The molecular weight excluding hydrogens is 445 g/mol. The van der Waals surface area contributed by atoms with Crippen LogP contribution < -0.4 is 10.0 Å². The molecule has 3 N–H and O–H groups in total. The highest BCUT2D eigenvalue weighted by molar-refractivity contribution is 7.83. The summed E-state index contributed by atoms with van der Waals surface area (Å²) in [6, 6.07) is 12.6. The molecule has 2 aromatic carbocycles. The predicted molar refractivity (Wildman–Crippen MR) is 123 cm³/mol. The van der Waals surface area contributed by atoms with Gasteiger partial charge < -0.3 is 10.4 Å². The number of halogens is 1. The molecular formula is C23H22FN5O3S. The summed E-state index contributed by atoms with van der Waals surface area (Å²) < 4.78 is 29.8. The van der Waals surface area contributed by atoms with Crippen molar-refractivity contribution in [1.29, 1.82) is 0 Å². The Morgan fingerprint density at radius 3 is 2.55 bits per heavy atom. The number of pyridine rings is 1. The first-order chi connectivity index (χ1) is 16.0. The van der Waals surface area contributed by atoms with E-state index in [0.29, 0.717) is 27.0 Å². The van der Waals surface area contributed by atoms with Crippen LogP contribution in [-0.2, 0) is 17.5 Å². The summed E-state index contributed by atoms with van der Waals surface area (Å²) in [5, 5.41) is 16.9. The summed E-state index contributed by atoms with van der Waals surface area (Å²) in [6.45, 7) is 1.90. The maximum absolute atomic E-state index is 13.2. The molecule has 0 spiro atoms. The number of fused-ring (bicyclic) bond motifs is 1. The first kappa shape index (κ1) is 22.7. The highest BCUT2D eigenvalue weighted by Crippen LogP contribution is 2.21. The molecule has 33 heavy (non-hydrogen) atoms. The Morgan fingerprint density at radius 2 is 1.85 bits per heavy atom. The lowest BCUT2D eigenvalue weighted by Gasteiger charge is -2.11. The highest BCUT2D eigenvalue weighted by atomic mass is 32.2. The molecule has 4 aromatic rings. The molecule has 0 fully saturated rings. The lowest BCUT2D eigenvalue weighted by Crippen LogP contribution is -2.31. The number of hydrogen-bond donors (Lipinski definition) is 3. The zero-order valence-corrected chi connectivity index (χ0v) is 18.6. The van der Waals surface area contributed by atoms with Gasteiger partial charge >= 0.3 is 0 Å². The van der Waals surface area contributed by atoms with Gasteiger partial charge in [-0.2, -0.15) is 5.10 Å². The van der Waals surface area contributed by atoms with Gasteiger partial charge in [0.25, 0.3) is 5.91 Å². The van der Waals surface area contributed by atoms with Crippen LogP contribution >= 0.6 is 0 Å². The average Bonchev–Trinajstić information content (AvgIpc) is 3.27. The molecule has 2 heterocycles. The molecule has 170 valence electrons. The van der Waals surface area contributed by atoms with Crippen molar-refractivity contribution in [1.82, 2.24) is 24.8 Å². The molecule has 0 aliphatic rings. The van der Waals surface area contributed by atoms with Gasteiger partial charge in [-0.1, -0.05) is 12.1 Å². The van der Waals surface area contributed by atoms with Crippen LogP contribution in [0.3, 0.4) is 0 Å². The minimum Gasteiger partial charge on any atom is -0.395 e. The predicted octanol–water partition coefficient (Wildman–Crippen LogP) is 2.48. The van der Waals surface area contributed by atoms with Gasteiger partial charge in [0.2, 0.25) is 0 Å². The number of carbonyl (C=O) groups excluding carboxylic acids is 1. The second kappa shape index (κ2) is 9.99. The molecule has 0 aliphatic heterocycles. The lowest BCUT2D eigenvalue weighted by atomic mass is 10.1. The molecule has 1 amide bonds. The molecule has 2 aromatic heterocycles. The Hall–Kier alpha value is -3.47. The van der Waals surface area contributed by atoms with E-state index >= 15 is 0 Å². The van der Waals surface area contributed by atoms with Crippen LogP contribution in [0.15, 0.2) is 72.0 Å². The summed E-state index contributed by atoms with van der Waals surface area (Å²) in [5.74, 6) is -0.651. The van der Waals surface area contributed by atoms with Crippen molar-refractivity contribution in [3.63, 3.8) is 0 Å². The van der Waals surface area contributed by atoms with E-state index in [4.69, 9.17) is 5.11 Å². The highest BCUT2D eigenvalue weighted by Gasteiger charge is 2.15. The Balaban J connectivity index is 1.46. The number of hydrogen-bond acceptors (Lipinski definition) is 5. The van der Waals surface area contributed by atoms with Crippen molar-refractivity contribution in [3.05, 3.63) is 84.1 Å². The Kier molecular flexibility index (Phi) is 6.87. The quantitative estimate of drug-likeness (QED) is 0.369. The molecule has 0 bridgehead atoms. The van der Waals surface area contributed by atoms with E-state index in [-0.39, 0.29) is 30.9 Å². The fraction of sp³-hybridized carbons (Fsp3) is 0.174. The zero-order valence-electron chi connectivity index (χ0n) is 17.7. The van der Waals surface area contributed by atoms with E-state index < -0.39 is 11.0 Å². The van der Waals surface area contributed by atoms with Gasteiger partial charge in [-0.15, -0.1) is 0 Å². The van der Waals surface area contributed by atoms with Gasteiger partial charge in [-0.3, -0.25) is 9.78 Å². The van der Waals surface area contributed by atoms with Crippen molar-refractivity contribution in [2.45, 2.75) is 24.4 Å². The number of nitrogens with one attached hydrogen (secondary N) is 2. The van der Waals surface area contributed by atoms with E-state index in [1.807, 2.05) is 0 Å². The van der Waals surface area contributed by atoms with Crippen molar-refractivity contribution in [2.24, 2.45) is 0 Å². The summed E-state index contributed by atoms with van der Waals surface area (Å²) in [7, 11) is -1.43. The standard InChI is InChI=1S/C23H22FN5O3S/c1-15(14-30)28-33(32)19-8-2-16(3-9-19)10-26-23(31)21-11-25-13-22-20(21)12-27-29(22)18-6-4-17(24)5-7-18/h2-9,11-13,15,28,30H,10,14H2,1H3,(H,26,31). The molecule has 4 rings (SSSR count). The molecule has 0 saturated carbocycles. The molecule has 2 unspecified atom stereocenters. The minimum absolute atomic E-state index is 0.111. The van der Waals surface area contributed by atoms with E-state index in [0.717, 1.165) is 5.56 Å². The Labute approximate surface area is 192 Å².